The number of nitriles is 1. The third-order valence-electron chi connectivity index (χ3n) is 3.94. The highest BCUT2D eigenvalue weighted by Gasteiger charge is 2.30. The van der Waals surface area contributed by atoms with E-state index < -0.39 is 30.2 Å². The van der Waals surface area contributed by atoms with Crippen LogP contribution in [0.1, 0.15) is 18.1 Å². The number of esters is 1. The Hall–Kier alpha value is -4.00. The van der Waals surface area contributed by atoms with Crippen molar-refractivity contribution in [2.75, 3.05) is 25.6 Å². The lowest BCUT2D eigenvalue weighted by molar-refractivity contribution is -0.137. The van der Waals surface area contributed by atoms with E-state index in [0.717, 1.165) is 19.2 Å². The molecule has 0 aliphatic carbocycles. The van der Waals surface area contributed by atoms with Gasteiger partial charge in [0.25, 0.3) is 5.91 Å². The lowest BCUT2D eigenvalue weighted by Gasteiger charge is -2.13. The zero-order valence-electron chi connectivity index (χ0n) is 17.2. The zero-order chi connectivity index (χ0) is 23.7. The van der Waals surface area contributed by atoms with Crippen molar-refractivity contribution in [3.63, 3.8) is 0 Å². The molecule has 2 aromatic carbocycles. The van der Waals surface area contributed by atoms with Gasteiger partial charge in [0.05, 0.1) is 19.3 Å². The number of hydrogen-bond acceptors (Lipinski definition) is 6. The number of halogens is 3. The van der Waals surface area contributed by atoms with Crippen molar-refractivity contribution in [2.24, 2.45) is 0 Å². The van der Waals surface area contributed by atoms with Crippen molar-refractivity contribution in [3.05, 3.63) is 59.2 Å². The molecule has 0 radical (unpaired) electrons. The molecule has 0 atom stereocenters. The molecule has 7 nitrogen and oxygen atoms in total. The second-order valence-electron chi connectivity index (χ2n) is 6.22. The number of rotatable bonds is 8. The molecule has 0 heterocycles. The fourth-order valence-electron chi connectivity index (χ4n) is 2.53. The largest absolute Gasteiger partial charge is 0.490 e. The third kappa shape index (κ3) is 6.77. The molecule has 2 aromatic rings. The standard InChI is InChI=1S/C22H19F3N2O5/c1-3-31-19-10-14(9-15(12-26)21(29)30-2)7-8-18(19)32-13-20(28)27-17-6-4-5-16(11-17)22(23,24)25/h4-11H,3,13H2,1-2H3,(H,27,28)/b15-9+. The molecule has 0 fully saturated rings. The van der Waals surface area contributed by atoms with Crippen LogP contribution in [0.4, 0.5) is 18.9 Å². The summed E-state index contributed by atoms with van der Waals surface area (Å²) in [7, 11) is 1.15. The van der Waals surface area contributed by atoms with Crippen molar-refractivity contribution in [1.82, 2.24) is 0 Å². The first-order valence-corrected chi connectivity index (χ1v) is 9.24. The molecule has 0 spiro atoms. The topological polar surface area (TPSA) is 97.7 Å². The van der Waals surface area contributed by atoms with E-state index >= 15 is 0 Å². The summed E-state index contributed by atoms with van der Waals surface area (Å²) in [6, 6.07) is 10.5. The van der Waals surface area contributed by atoms with Crippen LogP contribution in [-0.2, 0) is 20.5 Å². The Kier molecular flexibility index (Phi) is 8.24. The van der Waals surface area contributed by atoms with Crippen LogP contribution in [0.15, 0.2) is 48.0 Å². The molecule has 0 aromatic heterocycles. The Balaban J connectivity index is 2.12. The van der Waals surface area contributed by atoms with E-state index in [0.29, 0.717) is 5.56 Å². The van der Waals surface area contributed by atoms with Crippen LogP contribution in [0.2, 0.25) is 0 Å². The molecule has 168 valence electrons. The van der Waals surface area contributed by atoms with Gasteiger partial charge in [-0.25, -0.2) is 4.79 Å². The van der Waals surface area contributed by atoms with Crippen LogP contribution in [0.5, 0.6) is 11.5 Å². The third-order valence-corrected chi connectivity index (χ3v) is 3.94. The van der Waals surface area contributed by atoms with E-state index in [9.17, 15) is 22.8 Å². The van der Waals surface area contributed by atoms with Gasteiger partial charge in [0, 0.05) is 5.69 Å². The lowest BCUT2D eigenvalue weighted by Crippen LogP contribution is -2.20. The molecule has 0 unspecified atom stereocenters. The Bertz CT molecular complexity index is 1060. The summed E-state index contributed by atoms with van der Waals surface area (Å²) in [5.41, 5.74) is -0.673. The predicted octanol–water partition coefficient (Wildman–Crippen LogP) is 4.20. The number of hydrogen-bond donors (Lipinski definition) is 1. The summed E-state index contributed by atoms with van der Waals surface area (Å²) in [6.45, 7) is 1.50. The highest BCUT2D eigenvalue weighted by atomic mass is 19.4. The summed E-state index contributed by atoms with van der Waals surface area (Å²) in [5, 5.41) is 11.4. The van der Waals surface area contributed by atoms with E-state index in [2.05, 4.69) is 10.1 Å². The van der Waals surface area contributed by atoms with Gasteiger partial charge in [-0.15, -0.1) is 0 Å². The molecule has 0 aliphatic rings. The molecular weight excluding hydrogens is 429 g/mol. The maximum absolute atomic E-state index is 12.8. The number of amides is 1. The second kappa shape index (κ2) is 10.9. The van der Waals surface area contributed by atoms with Crippen LogP contribution in [-0.4, -0.2) is 32.2 Å². The van der Waals surface area contributed by atoms with Gasteiger partial charge < -0.3 is 19.5 Å². The number of nitrogens with one attached hydrogen (secondary N) is 1. The van der Waals surface area contributed by atoms with E-state index in [-0.39, 0.29) is 29.4 Å². The number of ether oxygens (including phenoxy) is 3. The minimum atomic E-state index is -4.53. The first-order chi connectivity index (χ1) is 15.2. The SMILES string of the molecule is CCOc1cc(/C=C(\C#N)C(=O)OC)ccc1OCC(=O)Nc1cccc(C(F)(F)F)c1. The number of nitrogens with zero attached hydrogens (tertiary/aromatic N) is 1. The van der Waals surface area contributed by atoms with Crippen LogP contribution in [0, 0.1) is 11.3 Å². The first kappa shape index (κ1) is 24.3. The molecule has 32 heavy (non-hydrogen) atoms. The lowest BCUT2D eigenvalue weighted by atomic mass is 10.1. The molecule has 1 amide bonds. The molecule has 1 N–H and O–H groups in total. The van der Waals surface area contributed by atoms with Crippen molar-refractivity contribution in [3.8, 4) is 17.6 Å². The number of anilines is 1. The summed E-state index contributed by atoms with van der Waals surface area (Å²) in [5.74, 6) is -1.03. The first-order valence-electron chi connectivity index (χ1n) is 9.24. The molecule has 0 saturated heterocycles. The molecule has 2 rings (SSSR count). The van der Waals surface area contributed by atoms with E-state index in [1.807, 2.05) is 0 Å². The van der Waals surface area contributed by atoms with Gasteiger partial charge in [0.15, 0.2) is 18.1 Å². The van der Waals surface area contributed by atoms with Gasteiger partial charge in [0.2, 0.25) is 0 Å². The van der Waals surface area contributed by atoms with Gasteiger partial charge >= 0.3 is 12.1 Å². The van der Waals surface area contributed by atoms with Crippen molar-refractivity contribution in [2.45, 2.75) is 13.1 Å². The summed E-state index contributed by atoms with van der Waals surface area (Å²) in [6.07, 6.45) is -3.22. The van der Waals surface area contributed by atoms with E-state index in [1.165, 1.54) is 36.4 Å². The fourth-order valence-corrected chi connectivity index (χ4v) is 2.53. The number of carbonyl (C=O) groups excluding carboxylic acids is 2. The van der Waals surface area contributed by atoms with Gasteiger partial charge in [-0.2, -0.15) is 18.4 Å². The maximum Gasteiger partial charge on any atom is 0.416 e. The Morgan fingerprint density at radius 3 is 2.50 bits per heavy atom. The summed E-state index contributed by atoms with van der Waals surface area (Å²) < 4.78 is 53.8. The minimum absolute atomic E-state index is 0.0224. The normalized spacial score (nSPS) is 11.3. The summed E-state index contributed by atoms with van der Waals surface area (Å²) >= 11 is 0. The van der Waals surface area contributed by atoms with E-state index in [4.69, 9.17) is 14.7 Å². The fraction of sp³-hybridized carbons (Fsp3) is 0.227. The Labute approximate surface area is 182 Å². The number of carbonyl (C=O) groups is 2. The van der Waals surface area contributed by atoms with Crippen LogP contribution >= 0.6 is 0 Å². The van der Waals surface area contributed by atoms with Crippen LogP contribution in [0.25, 0.3) is 6.08 Å². The van der Waals surface area contributed by atoms with Gasteiger partial charge in [0.1, 0.15) is 11.6 Å². The average Bonchev–Trinajstić information content (AvgIpc) is 2.76. The highest BCUT2D eigenvalue weighted by molar-refractivity contribution is 5.97. The Morgan fingerprint density at radius 2 is 1.88 bits per heavy atom. The Morgan fingerprint density at radius 1 is 1.12 bits per heavy atom. The predicted molar refractivity (Wildman–Crippen MR) is 109 cm³/mol. The molecule has 10 heteroatoms. The number of benzene rings is 2. The molecular formula is C22H19F3N2O5. The second-order valence-corrected chi connectivity index (χ2v) is 6.22. The maximum atomic E-state index is 12.8. The van der Waals surface area contributed by atoms with Crippen molar-refractivity contribution in [1.29, 1.82) is 5.26 Å². The van der Waals surface area contributed by atoms with Crippen LogP contribution in [0.3, 0.4) is 0 Å². The highest BCUT2D eigenvalue weighted by Crippen LogP contribution is 2.31. The van der Waals surface area contributed by atoms with Crippen molar-refractivity contribution < 1.29 is 37.0 Å². The van der Waals surface area contributed by atoms with Gasteiger partial charge in [-0.1, -0.05) is 12.1 Å². The van der Waals surface area contributed by atoms with E-state index in [1.54, 1.807) is 13.0 Å². The minimum Gasteiger partial charge on any atom is -0.490 e. The number of alkyl halides is 3. The quantitative estimate of drug-likeness (QED) is 0.369. The average molecular weight is 448 g/mol. The van der Waals surface area contributed by atoms with Crippen molar-refractivity contribution >= 4 is 23.6 Å². The smallest absolute Gasteiger partial charge is 0.416 e. The monoisotopic (exact) mass is 448 g/mol. The zero-order valence-corrected chi connectivity index (χ0v) is 17.2. The number of methoxy groups -OCH3 is 1. The molecule has 0 aliphatic heterocycles. The summed E-state index contributed by atoms with van der Waals surface area (Å²) in [4.78, 5) is 23.7. The van der Waals surface area contributed by atoms with Crippen LogP contribution < -0.4 is 14.8 Å². The molecule has 0 saturated carbocycles. The molecule has 0 bridgehead atoms. The van der Waals surface area contributed by atoms with Gasteiger partial charge in [-0.05, 0) is 48.9 Å². The van der Waals surface area contributed by atoms with Gasteiger partial charge in [-0.3, -0.25) is 4.79 Å².